The van der Waals surface area contributed by atoms with Gasteiger partial charge in [0.15, 0.2) is 12.4 Å². The van der Waals surface area contributed by atoms with Gasteiger partial charge in [0, 0.05) is 31.7 Å². The molecule has 0 unspecified atom stereocenters. The van der Waals surface area contributed by atoms with E-state index >= 15 is 0 Å². The summed E-state index contributed by atoms with van der Waals surface area (Å²) in [7, 11) is 1.65. The summed E-state index contributed by atoms with van der Waals surface area (Å²) in [5.74, 6) is 2.34. The first-order valence-electron chi connectivity index (χ1n) is 10.3. The van der Waals surface area contributed by atoms with Crippen molar-refractivity contribution in [1.29, 1.82) is 0 Å². The second-order valence-corrected chi connectivity index (χ2v) is 7.47. The van der Waals surface area contributed by atoms with Crippen LogP contribution >= 0.6 is 0 Å². The fourth-order valence-corrected chi connectivity index (χ4v) is 3.47. The zero-order valence-electron chi connectivity index (χ0n) is 17.8. The molecule has 2 aromatic carbocycles. The third-order valence-corrected chi connectivity index (χ3v) is 5.38. The van der Waals surface area contributed by atoms with E-state index in [1.165, 1.54) is 0 Å². The zero-order valence-corrected chi connectivity index (χ0v) is 17.8. The third-order valence-electron chi connectivity index (χ3n) is 5.38. The third kappa shape index (κ3) is 5.12. The van der Waals surface area contributed by atoms with Crippen LogP contribution in [-0.4, -0.2) is 60.9 Å². The average Bonchev–Trinajstić information content (AvgIpc) is 2.84. The largest absolute Gasteiger partial charge is 0.497 e. The molecule has 1 fully saturated rings. The monoisotopic (exact) mass is 418 g/mol. The predicted octanol–water partition coefficient (Wildman–Crippen LogP) is 3.19. The molecule has 1 amide bonds. The van der Waals surface area contributed by atoms with E-state index < -0.39 is 0 Å². The molecule has 7 nitrogen and oxygen atoms in total. The highest BCUT2D eigenvalue weighted by Gasteiger charge is 2.22. The fraction of sp³-hybridized carbons (Fsp3) is 0.292. The highest BCUT2D eigenvalue weighted by Crippen LogP contribution is 2.22. The molecule has 1 aromatic heterocycles. The van der Waals surface area contributed by atoms with Gasteiger partial charge >= 0.3 is 0 Å². The molecule has 4 rings (SSSR count). The molecule has 7 heteroatoms. The van der Waals surface area contributed by atoms with Gasteiger partial charge in [-0.3, -0.25) is 4.79 Å². The van der Waals surface area contributed by atoms with Crippen LogP contribution in [0.25, 0.3) is 11.3 Å². The van der Waals surface area contributed by atoms with Crippen molar-refractivity contribution in [2.75, 3.05) is 44.8 Å². The van der Waals surface area contributed by atoms with Gasteiger partial charge in [-0.05, 0) is 55.5 Å². The lowest BCUT2D eigenvalue weighted by Crippen LogP contribution is -2.50. The molecule has 1 aliphatic rings. The highest BCUT2D eigenvalue weighted by atomic mass is 16.5. The number of aromatic nitrogens is 2. The molecule has 0 bridgehead atoms. The molecule has 160 valence electrons. The Kier molecular flexibility index (Phi) is 6.31. The van der Waals surface area contributed by atoms with Crippen LogP contribution in [0.4, 0.5) is 5.82 Å². The fourth-order valence-electron chi connectivity index (χ4n) is 3.47. The Labute approximate surface area is 182 Å². The molecule has 1 saturated heterocycles. The summed E-state index contributed by atoms with van der Waals surface area (Å²) in [5, 5.41) is 8.76. The van der Waals surface area contributed by atoms with Gasteiger partial charge in [0.05, 0.1) is 12.8 Å². The van der Waals surface area contributed by atoms with Crippen LogP contribution in [0.5, 0.6) is 11.5 Å². The zero-order chi connectivity index (χ0) is 21.6. The first-order valence-corrected chi connectivity index (χ1v) is 10.3. The summed E-state index contributed by atoms with van der Waals surface area (Å²) in [6.07, 6.45) is 0. The number of aryl methyl sites for hydroxylation is 1. The van der Waals surface area contributed by atoms with Crippen molar-refractivity contribution in [1.82, 2.24) is 15.1 Å². The van der Waals surface area contributed by atoms with E-state index in [0.717, 1.165) is 28.4 Å². The quantitative estimate of drug-likeness (QED) is 0.613. The summed E-state index contributed by atoms with van der Waals surface area (Å²) in [5.41, 5.74) is 2.97. The normalized spacial score (nSPS) is 13.7. The first-order chi connectivity index (χ1) is 15.1. The average molecular weight is 418 g/mol. The van der Waals surface area contributed by atoms with Gasteiger partial charge < -0.3 is 19.3 Å². The summed E-state index contributed by atoms with van der Waals surface area (Å²) < 4.78 is 10.8. The lowest BCUT2D eigenvalue weighted by Gasteiger charge is -2.35. The van der Waals surface area contributed by atoms with E-state index in [2.05, 4.69) is 15.1 Å². The highest BCUT2D eigenvalue weighted by molar-refractivity contribution is 5.78. The van der Waals surface area contributed by atoms with Crippen molar-refractivity contribution < 1.29 is 14.3 Å². The number of hydrogen-bond acceptors (Lipinski definition) is 6. The van der Waals surface area contributed by atoms with Crippen LogP contribution < -0.4 is 14.4 Å². The number of carbonyl (C=O) groups excluding carboxylic acids is 1. The minimum absolute atomic E-state index is 0.00108. The van der Waals surface area contributed by atoms with Crippen molar-refractivity contribution in [3.8, 4) is 22.8 Å². The Hall–Kier alpha value is -3.61. The number of nitrogens with zero attached hydrogens (tertiary/aromatic N) is 4. The Balaban J connectivity index is 1.28. The van der Waals surface area contributed by atoms with Crippen LogP contribution in [0.15, 0.2) is 60.7 Å². The van der Waals surface area contributed by atoms with Crippen LogP contribution in [0.3, 0.4) is 0 Å². The Morgan fingerprint density at radius 2 is 1.55 bits per heavy atom. The maximum Gasteiger partial charge on any atom is 0.260 e. The molecule has 0 N–H and O–H groups in total. The Bertz CT molecular complexity index is 997. The molecule has 3 aromatic rings. The summed E-state index contributed by atoms with van der Waals surface area (Å²) in [6.45, 7) is 4.78. The van der Waals surface area contributed by atoms with E-state index in [1.807, 2.05) is 72.5 Å². The summed E-state index contributed by atoms with van der Waals surface area (Å²) in [6, 6.07) is 19.4. The van der Waals surface area contributed by atoms with Gasteiger partial charge in [-0.2, -0.15) is 0 Å². The number of ether oxygens (including phenoxy) is 2. The second-order valence-electron chi connectivity index (χ2n) is 7.47. The lowest BCUT2D eigenvalue weighted by molar-refractivity contribution is -0.133. The number of methoxy groups -OCH3 is 1. The molecule has 31 heavy (non-hydrogen) atoms. The molecule has 0 spiro atoms. The van der Waals surface area contributed by atoms with Gasteiger partial charge in [0.25, 0.3) is 5.91 Å². The second kappa shape index (κ2) is 9.47. The molecule has 0 aliphatic carbocycles. The van der Waals surface area contributed by atoms with Crippen molar-refractivity contribution >= 4 is 11.7 Å². The van der Waals surface area contributed by atoms with Crippen LogP contribution in [0.2, 0.25) is 0 Å². The number of hydrogen-bond donors (Lipinski definition) is 0. The number of carbonyl (C=O) groups is 1. The smallest absolute Gasteiger partial charge is 0.260 e. The molecule has 2 heterocycles. The van der Waals surface area contributed by atoms with Crippen molar-refractivity contribution in [3.05, 3.63) is 66.2 Å². The van der Waals surface area contributed by atoms with E-state index in [-0.39, 0.29) is 12.5 Å². The first kappa shape index (κ1) is 20.7. The van der Waals surface area contributed by atoms with Crippen molar-refractivity contribution in [2.45, 2.75) is 6.92 Å². The van der Waals surface area contributed by atoms with Gasteiger partial charge in [-0.25, -0.2) is 0 Å². The Morgan fingerprint density at radius 3 is 2.16 bits per heavy atom. The maximum absolute atomic E-state index is 12.5. The summed E-state index contributed by atoms with van der Waals surface area (Å²) >= 11 is 0. The van der Waals surface area contributed by atoms with Crippen LogP contribution in [0, 0.1) is 6.92 Å². The topological polar surface area (TPSA) is 67.8 Å². The predicted molar refractivity (Wildman–Crippen MR) is 119 cm³/mol. The molecule has 0 saturated carbocycles. The van der Waals surface area contributed by atoms with Gasteiger partial charge in [-0.15, -0.1) is 10.2 Å². The number of benzene rings is 2. The number of anilines is 1. The van der Waals surface area contributed by atoms with Gasteiger partial charge in [0.1, 0.15) is 11.5 Å². The summed E-state index contributed by atoms with van der Waals surface area (Å²) in [4.78, 5) is 16.5. The van der Waals surface area contributed by atoms with Crippen LogP contribution in [-0.2, 0) is 4.79 Å². The van der Waals surface area contributed by atoms with Gasteiger partial charge in [0.2, 0.25) is 0 Å². The number of amides is 1. The van der Waals surface area contributed by atoms with Crippen LogP contribution in [0.1, 0.15) is 5.56 Å². The van der Waals surface area contributed by atoms with Crippen molar-refractivity contribution in [2.24, 2.45) is 0 Å². The van der Waals surface area contributed by atoms with E-state index in [4.69, 9.17) is 9.47 Å². The van der Waals surface area contributed by atoms with E-state index in [9.17, 15) is 4.79 Å². The molecule has 1 aliphatic heterocycles. The van der Waals surface area contributed by atoms with Gasteiger partial charge in [-0.1, -0.05) is 17.7 Å². The standard InChI is InChI=1S/C24H26N4O3/c1-18-3-7-21(8-4-18)31-17-24(29)28-15-13-27(14-16-28)23-12-11-22(25-26-23)19-5-9-20(30-2)10-6-19/h3-12H,13-17H2,1-2H3. The minimum atomic E-state index is 0.00108. The van der Waals surface area contributed by atoms with Crippen molar-refractivity contribution in [3.63, 3.8) is 0 Å². The number of rotatable bonds is 6. The molecule has 0 atom stereocenters. The molecular weight excluding hydrogens is 392 g/mol. The van der Waals surface area contributed by atoms with E-state index in [0.29, 0.717) is 31.9 Å². The molecule has 0 radical (unpaired) electrons. The minimum Gasteiger partial charge on any atom is -0.497 e. The maximum atomic E-state index is 12.5. The molecular formula is C24H26N4O3. The number of piperazine rings is 1. The van der Waals surface area contributed by atoms with E-state index in [1.54, 1.807) is 7.11 Å². The SMILES string of the molecule is COc1ccc(-c2ccc(N3CCN(C(=O)COc4ccc(C)cc4)CC3)nn2)cc1. The Morgan fingerprint density at radius 1 is 0.871 bits per heavy atom. The lowest BCUT2D eigenvalue weighted by atomic mass is 10.1.